The Morgan fingerprint density at radius 3 is 2.46 bits per heavy atom. The Morgan fingerprint density at radius 1 is 1.04 bits per heavy atom. The first kappa shape index (κ1) is 19.5. The second kappa shape index (κ2) is 9.61. The van der Waals surface area contributed by atoms with Crippen LogP contribution in [-0.4, -0.2) is 31.5 Å². The summed E-state index contributed by atoms with van der Waals surface area (Å²) in [5.41, 5.74) is 3.10. The minimum absolute atomic E-state index is 0.0413. The van der Waals surface area contributed by atoms with Crippen LogP contribution >= 0.6 is 0 Å². The van der Waals surface area contributed by atoms with Gasteiger partial charge in [0, 0.05) is 25.7 Å². The molecule has 0 unspecified atom stereocenters. The van der Waals surface area contributed by atoms with Gasteiger partial charge < -0.3 is 15.0 Å². The molecule has 5 nitrogen and oxygen atoms in total. The fraction of sp³-hybridized carbons (Fsp3) is 0.333. The van der Waals surface area contributed by atoms with Crippen molar-refractivity contribution in [3.8, 4) is 5.75 Å². The first-order valence-corrected chi connectivity index (χ1v) is 8.78. The third-order valence-electron chi connectivity index (χ3n) is 4.25. The maximum absolute atomic E-state index is 12.0. The summed E-state index contributed by atoms with van der Waals surface area (Å²) in [6.45, 7) is 6.72. The van der Waals surface area contributed by atoms with Crippen molar-refractivity contribution in [2.75, 3.05) is 24.6 Å². The highest BCUT2D eigenvalue weighted by Crippen LogP contribution is 2.22. The molecule has 0 radical (unpaired) electrons. The van der Waals surface area contributed by atoms with Gasteiger partial charge in [0.05, 0.1) is 13.0 Å². The number of hydrogen-bond donors (Lipinski definition) is 1. The van der Waals surface area contributed by atoms with E-state index in [1.54, 1.807) is 4.90 Å². The molecule has 0 saturated carbocycles. The van der Waals surface area contributed by atoms with Crippen molar-refractivity contribution in [2.24, 2.45) is 0 Å². The summed E-state index contributed by atoms with van der Waals surface area (Å²) in [5.74, 6) is 0.615. The smallest absolute Gasteiger partial charge is 0.223 e. The van der Waals surface area contributed by atoms with E-state index in [-0.39, 0.29) is 18.2 Å². The number of nitrogens with one attached hydrogen (secondary N) is 1. The molecule has 0 saturated heterocycles. The molecule has 0 spiro atoms. The number of ether oxygens (including phenoxy) is 1. The van der Waals surface area contributed by atoms with E-state index < -0.39 is 0 Å². The standard InChI is InChI=1S/C21H26N2O3/c1-16-8-7-11-20(17(16)2)23(18(3)24)14-13-22-21(25)12-15-26-19-9-5-4-6-10-19/h4-11H,12-15H2,1-3H3,(H,22,25). The van der Waals surface area contributed by atoms with Crippen LogP contribution in [0.5, 0.6) is 5.75 Å². The van der Waals surface area contributed by atoms with Gasteiger partial charge in [0.25, 0.3) is 0 Å². The van der Waals surface area contributed by atoms with Crippen LogP contribution in [-0.2, 0) is 9.59 Å². The second-order valence-electron chi connectivity index (χ2n) is 6.15. The number of aryl methyl sites for hydroxylation is 1. The van der Waals surface area contributed by atoms with Crippen LogP contribution in [0.4, 0.5) is 5.69 Å². The Labute approximate surface area is 155 Å². The quantitative estimate of drug-likeness (QED) is 0.792. The second-order valence-corrected chi connectivity index (χ2v) is 6.15. The van der Waals surface area contributed by atoms with Gasteiger partial charge in [0.15, 0.2) is 0 Å². The van der Waals surface area contributed by atoms with E-state index in [4.69, 9.17) is 4.74 Å². The van der Waals surface area contributed by atoms with Crippen molar-refractivity contribution in [1.82, 2.24) is 5.32 Å². The summed E-state index contributed by atoms with van der Waals surface area (Å²) in [5, 5.41) is 2.85. The molecule has 0 heterocycles. The Balaban J connectivity index is 1.79. The SMILES string of the molecule is CC(=O)N(CCNC(=O)CCOc1ccccc1)c1cccc(C)c1C. The lowest BCUT2D eigenvalue weighted by molar-refractivity contribution is -0.122. The van der Waals surface area contributed by atoms with Crippen LogP contribution in [0.3, 0.4) is 0 Å². The number of carbonyl (C=O) groups excluding carboxylic acids is 2. The van der Waals surface area contributed by atoms with Crippen LogP contribution in [0.25, 0.3) is 0 Å². The van der Waals surface area contributed by atoms with E-state index in [1.165, 1.54) is 6.92 Å². The predicted octanol–water partition coefficient (Wildman–Crippen LogP) is 3.24. The molecule has 2 rings (SSSR count). The summed E-state index contributed by atoms with van der Waals surface area (Å²) >= 11 is 0. The molecule has 5 heteroatoms. The average Bonchev–Trinajstić information content (AvgIpc) is 2.62. The zero-order valence-electron chi connectivity index (χ0n) is 15.6. The topological polar surface area (TPSA) is 58.6 Å². The van der Waals surface area contributed by atoms with Crippen molar-refractivity contribution in [1.29, 1.82) is 0 Å². The normalized spacial score (nSPS) is 10.3. The molecule has 0 fully saturated rings. The highest BCUT2D eigenvalue weighted by molar-refractivity contribution is 5.92. The molecule has 2 aromatic carbocycles. The van der Waals surface area contributed by atoms with Gasteiger partial charge in [-0.15, -0.1) is 0 Å². The Bertz CT molecular complexity index is 744. The van der Waals surface area contributed by atoms with Crippen LogP contribution in [0.2, 0.25) is 0 Å². The van der Waals surface area contributed by atoms with Crippen molar-refractivity contribution < 1.29 is 14.3 Å². The molecule has 138 valence electrons. The van der Waals surface area contributed by atoms with Crippen molar-refractivity contribution in [2.45, 2.75) is 27.2 Å². The van der Waals surface area contributed by atoms with Crippen LogP contribution < -0.4 is 15.0 Å². The summed E-state index contributed by atoms with van der Waals surface area (Å²) in [4.78, 5) is 25.7. The highest BCUT2D eigenvalue weighted by Gasteiger charge is 2.14. The third kappa shape index (κ3) is 5.62. The number of nitrogens with zero attached hydrogens (tertiary/aromatic N) is 1. The van der Waals surface area contributed by atoms with Crippen LogP contribution in [0.15, 0.2) is 48.5 Å². The summed E-state index contributed by atoms with van der Waals surface area (Å²) < 4.78 is 5.52. The van der Waals surface area contributed by atoms with Gasteiger partial charge >= 0.3 is 0 Å². The lowest BCUT2D eigenvalue weighted by Crippen LogP contribution is -2.38. The fourth-order valence-electron chi connectivity index (χ4n) is 2.65. The minimum atomic E-state index is -0.0922. The van der Waals surface area contributed by atoms with Gasteiger partial charge in [-0.25, -0.2) is 0 Å². The van der Waals surface area contributed by atoms with E-state index >= 15 is 0 Å². The lowest BCUT2D eigenvalue weighted by Gasteiger charge is -2.24. The number of hydrogen-bond acceptors (Lipinski definition) is 3. The van der Waals surface area contributed by atoms with Crippen LogP contribution in [0, 0.1) is 13.8 Å². The first-order valence-electron chi connectivity index (χ1n) is 8.78. The summed E-state index contributed by atoms with van der Waals surface area (Å²) in [6, 6.07) is 15.3. The van der Waals surface area contributed by atoms with E-state index in [0.717, 1.165) is 22.6 Å². The summed E-state index contributed by atoms with van der Waals surface area (Å²) in [6.07, 6.45) is 0.276. The largest absolute Gasteiger partial charge is 0.493 e. The van der Waals surface area contributed by atoms with E-state index in [0.29, 0.717) is 19.7 Å². The maximum atomic E-state index is 12.0. The van der Waals surface area contributed by atoms with Gasteiger partial charge in [-0.1, -0.05) is 30.3 Å². The van der Waals surface area contributed by atoms with Gasteiger partial charge in [0.2, 0.25) is 11.8 Å². The number of benzene rings is 2. The monoisotopic (exact) mass is 354 g/mol. The molecular formula is C21H26N2O3. The van der Waals surface area contributed by atoms with E-state index in [9.17, 15) is 9.59 Å². The molecule has 0 aliphatic heterocycles. The lowest BCUT2D eigenvalue weighted by atomic mass is 10.1. The summed E-state index contributed by atoms with van der Waals surface area (Å²) in [7, 11) is 0. The van der Waals surface area contributed by atoms with E-state index in [2.05, 4.69) is 5.32 Å². The van der Waals surface area contributed by atoms with E-state index in [1.807, 2.05) is 62.4 Å². The number of anilines is 1. The Morgan fingerprint density at radius 2 is 1.77 bits per heavy atom. The molecule has 0 atom stereocenters. The predicted molar refractivity (Wildman–Crippen MR) is 104 cm³/mol. The van der Waals surface area contributed by atoms with Crippen molar-refractivity contribution in [3.63, 3.8) is 0 Å². The first-order chi connectivity index (χ1) is 12.5. The molecule has 0 aliphatic carbocycles. The number of carbonyl (C=O) groups is 2. The van der Waals surface area contributed by atoms with Gasteiger partial charge in [0.1, 0.15) is 5.75 Å². The highest BCUT2D eigenvalue weighted by atomic mass is 16.5. The zero-order valence-corrected chi connectivity index (χ0v) is 15.6. The number of para-hydroxylation sites is 1. The molecular weight excluding hydrogens is 328 g/mol. The fourth-order valence-corrected chi connectivity index (χ4v) is 2.65. The van der Waals surface area contributed by atoms with Crippen LogP contribution in [0.1, 0.15) is 24.5 Å². The Hall–Kier alpha value is -2.82. The molecule has 0 aliphatic rings. The third-order valence-corrected chi connectivity index (χ3v) is 4.25. The van der Waals surface area contributed by atoms with Gasteiger partial charge in [-0.05, 0) is 43.2 Å². The molecule has 2 aromatic rings. The van der Waals surface area contributed by atoms with Crippen molar-refractivity contribution >= 4 is 17.5 Å². The maximum Gasteiger partial charge on any atom is 0.223 e. The van der Waals surface area contributed by atoms with Gasteiger partial charge in [-0.2, -0.15) is 0 Å². The number of rotatable bonds is 8. The molecule has 0 aromatic heterocycles. The molecule has 2 amide bonds. The molecule has 1 N–H and O–H groups in total. The minimum Gasteiger partial charge on any atom is -0.493 e. The number of amides is 2. The van der Waals surface area contributed by atoms with Gasteiger partial charge in [-0.3, -0.25) is 9.59 Å². The Kier molecular flexibility index (Phi) is 7.21. The molecule has 26 heavy (non-hydrogen) atoms. The van der Waals surface area contributed by atoms with Crippen molar-refractivity contribution in [3.05, 3.63) is 59.7 Å². The molecule has 0 bridgehead atoms. The average molecular weight is 354 g/mol. The zero-order chi connectivity index (χ0) is 18.9.